The molecule has 0 unspecified atom stereocenters. The fraction of sp³-hybridized carbons (Fsp3) is 0.478. The van der Waals surface area contributed by atoms with Crippen LogP contribution in [-0.2, 0) is 4.79 Å². The molecule has 9 nitrogen and oxygen atoms in total. The zero-order chi connectivity index (χ0) is 22.2. The maximum absolute atomic E-state index is 13.2. The van der Waals surface area contributed by atoms with Crippen LogP contribution in [0.2, 0.25) is 0 Å². The van der Waals surface area contributed by atoms with Gasteiger partial charge in [0.15, 0.2) is 0 Å². The van der Waals surface area contributed by atoms with Crippen LogP contribution in [0, 0.1) is 6.92 Å². The van der Waals surface area contributed by atoms with E-state index in [9.17, 15) is 9.59 Å². The SMILES string of the molecule is COc1cc(N2CCNC(=O)C2)ccc1-c1nc2c(C)nn(C3CCCCC3)c(=O)c2[nH]1. The standard InChI is InChI=1S/C23H28N6O3/c1-14-20-21(23(31)29(27-14)15-6-4-3-5-7-15)26-22(25-20)17-9-8-16(12-18(17)32-2)28-11-10-24-19(30)13-28/h8-9,12,15H,3-7,10-11,13H2,1-2H3,(H,24,30)(H,25,26). The first-order valence-electron chi connectivity index (χ1n) is 11.2. The molecule has 1 saturated carbocycles. The van der Waals surface area contributed by atoms with E-state index in [1.54, 1.807) is 11.8 Å². The van der Waals surface area contributed by atoms with E-state index in [2.05, 4.69) is 15.4 Å². The molecule has 2 aromatic heterocycles. The molecule has 3 heterocycles. The predicted octanol–water partition coefficient (Wildman–Crippen LogP) is 2.55. The van der Waals surface area contributed by atoms with Crippen molar-refractivity contribution in [2.45, 2.75) is 45.1 Å². The van der Waals surface area contributed by atoms with E-state index in [1.807, 2.05) is 30.0 Å². The molecule has 5 rings (SSSR count). The van der Waals surface area contributed by atoms with Crippen molar-refractivity contribution in [2.24, 2.45) is 0 Å². The Bertz CT molecular complexity index is 1220. The summed E-state index contributed by atoms with van der Waals surface area (Å²) >= 11 is 0. The average Bonchev–Trinajstić information content (AvgIpc) is 3.28. The van der Waals surface area contributed by atoms with Gasteiger partial charge in [0.1, 0.15) is 22.6 Å². The summed E-state index contributed by atoms with van der Waals surface area (Å²) in [5.41, 5.74) is 3.37. The third-order valence-corrected chi connectivity index (χ3v) is 6.49. The zero-order valence-electron chi connectivity index (χ0n) is 18.5. The summed E-state index contributed by atoms with van der Waals surface area (Å²) in [7, 11) is 1.61. The number of benzene rings is 1. The summed E-state index contributed by atoms with van der Waals surface area (Å²) in [5.74, 6) is 1.21. The monoisotopic (exact) mass is 436 g/mol. The van der Waals surface area contributed by atoms with Crippen LogP contribution in [-0.4, -0.2) is 52.4 Å². The molecular weight excluding hydrogens is 408 g/mol. The van der Waals surface area contributed by atoms with E-state index in [0.717, 1.165) is 49.2 Å². The van der Waals surface area contributed by atoms with E-state index in [1.165, 1.54) is 6.42 Å². The number of ether oxygens (including phenoxy) is 1. The number of hydrogen-bond acceptors (Lipinski definition) is 6. The zero-order valence-corrected chi connectivity index (χ0v) is 18.5. The number of H-pyrrole nitrogens is 1. The molecule has 2 fully saturated rings. The van der Waals surface area contributed by atoms with Crippen LogP contribution in [0.4, 0.5) is 5.69 Å². The lowest BCUT2D eigenvalue weighted by Gasteiger charge is -2.29. The number of hydrogen-bond donors (Lipinski definition) is 2. The van der Waals surface area contributed by atoms with Crippen LogP contribution in [0.5, 0.6) is 5.75 Å². The number of fused-ring (bicyclic) bond motifs is 1. The average molecular weight is 437 g/mol. The van der Waals surface area contributed by atoms with Gasteiger partial charge in [-0.3, -0.25) is 9.59 Å². The van der Waals surface area contributed by atoms with Crippen LogP contribution in [0.1, 0.15) is 43.8 Å². The van der Waals surface area contributed by atoms with Crippen LogP contribution in [0.3, 0.4) is 0 Å². The van der Waals surface area contributed by atoms with Gasteiger partial charge in [0.25, 0.3) is 5.56 Å². The number of imidazole rings is 1. The molecule has 1 aliphatic carbocycles. The number of piperazine rings is 1. The molecule has 1 amide bonds. The number of amides is 1. The molecule has 1 saturated heterocycles. The number of nitrogens with one attached hydrogen (secondary N) is 2. The number of rotatable bonds is 4. The minimum absolute atomic E-state index is 0.00815. The summed E-state index contributed by atoms with van der Waals surface area (Å²) in [6, 6.07) is 5.93. The third-order valence-electron chi connectivity index (χ3n) is 6.49. The van der Waals surface area contributed by atoms with Crippen molar-refractivity contribution in [1.29, 1.82) is 0 Å². The molecule has 1 aromatic carbocycles. The van der Waals surface area contributed by atoms with E-state index >= 15 is 0 Å². The second kappa shape index (κ2) is 8.29. The lowest BCUT2D eigenvalue weighted by molar-refractivity contribution is -0.120. The van der Waals surface area contributed by atoms with E-state index in [-0.39, 0.29) is 17.5 Å². The van der Waals surface area contributed by atoms with Crippen molar-refractivity contribution >= 4 is 22.6 Å². The summed E-state index contributed by atoms with van der Waals surface area (Å²) in [5, 5.41) is 7.44. The van der Waals surface area contributed by atoms with Crippen LogP contribution in [0.15, 0.2) is 23.0 Å². The fourth-order valence-corrected chi connectivity index (χ4v) is 4.79. The van der Waals surface area contributed by atoms with Gasteiger partial charge in [-0.15, -0.1) is 0 Å². The third kappa shape index (κ3) is 3.61. The van der Waals surface area contributed by atoms with Gasteiger partial charge >= 0.3 is 0 Å². The Hall–Kier alpha value is -3.36. The molecule has 2 N–H and O–H groups in total. The van der Waals surface area contributed by atoms with Gasteiger partial charge in [-0.2, -0.15) is 5.10 Å². The Morgan fingerprint density at radius 1 is 1.16 bits per heavy atom. The molecule has 0 spiro atoms. The lowest BCUT2D eigenvalue weighted by Crippen LogP contribution is -2.47. The number of methoxy groups -OCH3 is 1. The van der Waals surface area contributed by atoms with E-state index in [4.69, 9.17) is 9.72 Å². The number of aryl methyl sites for hydroxylation is 1. The molecule has 0 radical (unpaired) electrons. The minimum atomic E-state index is -0.119. The van der Waals surface area contributed by atoms with Gasteiger partial charge in [0.2, 0.25) is 5.91 Å². The molecule has 0 atom stereocenters. The fourth-order valence-electron chi connectivity index (χ4n) is 4.79. The highest BCUT2D eigenvalue weighted by Crippen LogP contribution is 2.34. The Morgan fingerprint density at radius 3 is 2.72 bits per heavy atom. The van der Waals surface area contributed by atoms with Crippen molar-refractivity contribution in [3.63, 3.8) is 0 Å². The van der Waals surface area contributed by atoms with Crippen molar-refractivity contribution in [3.05, 3.63) is 34.2 Å². The van der Waals surface area contributed by atoms with Crippen molar-refractivity contribution < 1.29 is 9.53 Å². The highest BCUT2D eigenvalue weighted by atomic mass is 16.5. The Kier molecular flexibility index (Phi) is 5.32. The van der Waals surface area contributed by atoms with Crippen molar-refractivity contribution in [1.82, 2.24) is 25.1 Å². The van der Waals surface area contributed by atoms with Gasteiger partial charge in [-0.05, 0) is 31.9 Å². The van der Waals surface area contributed by atoms with Gasteiger partial charge in [-0.1, -0.05) is 19.3 Å². The number of anilines is 1. The maximum Gasteiger partial charge on any atom is 0.293 e. The van der Waals surface area contributed by atoms with Gasteiger partial charge in [0, 0.05) is 24.8 Å². The molecule has 3 aromatic rings. The highest BCUT2D eigenvalue weighted by molar-refractivity contribution is 5.84. The highest BCUT2D eigenvalue weighted by Gasteiger charge is 2.23. The Balaban J connectivity index is 1.54. The summed E-state index contributed by atoms with van der Waals surface area (Å²) in [6.07, 6.45) is 5.46. The Morgan fingerprint density at radius 2 is 1.97 bits per heavy atom. The Labute approximate surface area is 185 Å². The van der Waals surface area contributed by atoms with Crippen LogP contribution in [0.25, 0.3) is 22.4 Å². The predicted molar refractivity (Wildman–Crippen MR) is 122 cm³/mol. The smallest absolute Gasteiger partial charge is 0.293 e. The second-order valence-electron chi connectivity index (χ2n) is 8.59. The summed E-state index contributed by atoms with van der Waals surface area (Å²) in [6.45, 7) is 3.57. The lowest BCUT2D eigenvalue weighted by atomic mass is 9.95. The van der Waals surface area contributed by atoms with Gasteiger partial charge in [0.05, 0.1) is 31.0 Å². The quantitative estimate of drug-likeness (QED) is 0.651. The van der Waals surface area contributed by atoms with Gasteiger partial charge < -0.3 is 19.9 Å². The van der Waals surface area contributed by atoms with Crippen molar-refractivity contribution in [2.75, 3.05) is 31.6 Å². The normalized spacial score (nSPS) is 17.6. The number of carbonyl (C=O) groups is 1. The second-order valence-corrected chi connectivity index (χ2v) is 8.59. The van der Waals surface area contributed by atoms with Gasteiger partial charge in [-0.25, -0.2) is 9.67 Å². The number of carbonyl (C=O) groups excluding carboxylic acids is 1. The maximum atomic E-state index is 13.2. The van der Waals surface area contributed by atoms with E-state index in [0.29, 0.717) is 35.7 Å². The number of nitrogens with zero attached hydrogens (tertiary/aromatic N) is 4. The van der Waals surface area contributed by atoms with E-state index < -0.39 is 0 Å². The molecule has 1 aliphatic heterocycles. The molecular formula is C23H28N6O3. The number of aromatic amines is 1. The molecule has 168 valence electrons. The summed E-state index contributed by atoms with van der Waals surface area (Å²) in [4.78, 5) is 34.9. The molecule has 0 bridgehead atoms. The first-order chi connectivity index (χ1) is 15.5. The van der Waals surface area contributed by atoms with Crippen LogP contribution < -0.4 is 20.5 Å². The minimum Gasteiger partial charge on any atom is -0.496 e. The summed E-state index contributed by atoms with van der Waals surface area (Å²) < 4.78 is 7.30. The topological polar surface area (TPSA) is 105 Å². The largest absolute Gasteiger partial charge is 0.496 e. The van der Waals surface area contributed by atoms with Crippen LogP contribution >= 0.6 is 0 Å². The molecule has 2 aliphatic rings. The van der Waals surface area contributed by atoms with Crippen molar-refractivity contribution in [3.8, 4) is 17.1 Å². The molecule has 9 heteroatoms. The number of aromatic nitrogens is 4. The first-order valence-corrected chi connectivity index (χ1v) is 11.2. The first kappa shape index (κ1) is 20.5. The molecule has 32 heavy (non-hydrogen) atoms.